The monoisotopic (exact) mass is 331 g/mol. The minimum Gasteiger partial charge on any atom is -0.307 e. The summed E-state index contributed by atoms with van der Waals surface area (Å²) in [5, 5.41) is 3.61. The lowest BCUT2D eigenvalue weighted by atomic mass is 9.93. The van der Waals surface area contributed by atoms with Gasteiger partial charge in [-0.1, -0.05) is 47.1 Å². The molecule has 0 aliphatic carbocycles. The van der Waals surface area contributed by atoms with E-state index in [9.17, 15) is 0 Å². The second kappa shape index (κ2) is 6.55. The molecule has 106 valence electrons. The van der Waals surface area contributed by atoms with Crippen molar-refractivity contribution >= 4 is 15.9 Å². The topological polar surface area (TPSA) is 12.0 Å². The molecule has 0 bridgehead atoms. The summed E-state index contributed by atoms with van der Waals surface area (Å²) >= 11 is 3.54. The van der Waals surface area contributed by atoms with Gasteiger partial charge in [0.05, 0.1) is 6.04 Å². The van der Waals surface area contributed by atoms with E-state index < -0.39 is 0 Å². The molecule has 2 rings (SSSR count). The van der Waals surface area contributed by atoms with Crippen molar-refractivity contribution in [2.45, 2.75) is 33.7 Å². The minimum absolute atomic E-state index is 0.257. The molecule has 0 saturated heterocycles. The Morgan fingerprint density at radius 1 is 0.950 bits per heavy atom. The maximum Gasteiger partial charge on any atom is 0.0579 e. The van der Waals surface area contributed by atoms with Gasteiger partial charge in [-0.15, -0.1) is 0 Å². The molecule has 1 N–H and O–H groups in total. The Labute approximate surface area is 130 Å². The molecule has 20 heavy (non-hydrogen) atoms. The van der Waals surface area contributed by atoms with Crippen LogP contribution in [0.5, 0.6) is 0 Å². The number of aryl methyl sites for hydroxylation is 3. The maximum absolute atomic E-state index is 3.61. The molecule has 0 amide bonds. The number of halogens is 1. The number of rotatable bonds is 4. The summed E-state index contributed by atoms with van der Waals surface area (Å²) in [6.45, 7) is 9.61. The number of nitrogens with one attached hydrogen (secondary N) is 1. The van der Waals surface area contributed by atoms with Crippen LogP contribution in [0.25, 0.3) is 0 Å². The van der Waals surface area contributed by atoms with Crippen LogP contribution in [0.1, 0.15) is 40.8 Å². The average Bonchev–Trinajstić information content (AvgIpc) is 2.40. The fourth-order valence-corrected chi connectivity index (χ4v) is 2.99. The third kappa shape index (κ3) is 3.31. The van der Waals surface area contributed by atoms with Gasteiger partial charge in [0, 0.05) is 4.47 Å². The van der Waals surface area contributed by atoms with Crippen molar-refractivity contribution in [3.05, 3.63) is 68.7 Å². The van der Waals surface area contributed by atoms with E-state index in [-0.39, 0.29) is 6.04 Å². The standard InChI is InChI=1S/C18H22BrN/c1-5-20-18(15-7-6-12(2)13(3)10-15)17-9-8-16(19)11-14(17)4/h6-11,18,20H,5H2,1-4H3. The summed E-state index contributed by atoms with van der Waals surface area (Å²) in [5.74, 6) is 0. The maximum atomic E-state index is 3.61. The van der Waals surface area contributed by atoms with Crippen molar-refractivity contribution in [1.29, 1.82) is 0 Å². The Bertz CT molecular complexity index is 604. The molecule has 2 aromatic carbocycles. The lowest BCUT2D eigenvalue weighted by molar-refractivity contribution is 0.627. The van der Waals surface area contributed by atoms with Crippen LogP contribution in [0, 0.1) is 20.8 Å². The van der Waals surface area contributed by atoms with Crippen molar-refractivity contribution in [3.8, 4) is 0 Å². The van der Waals surface area contributed by atoms with Crippen LogP contribution in [0.4, 0.5) is 0 Å². The van der Waals surface area contributed by atoms with E-state index in [2.05, 4.69) is 85.3 Å². The van der Waals surface area contributed by atoms with Gasteiger partial charge in [0.25, 0.3) is 0 Å². The second-order valence-corrected chi connectivity index (χ2v) is 6.25. The van der Waals surface area contributed by atoms with Crippen molar-refractivity contribution in [2.24, 2.45) is 0 Å². The molecule has 0 aromatic heterocycles. The lowest BCUT2D eigenvalue weighted by Gasteiger charge is -2.22. The van der Waals surface area contributed by atoms with Gasteiger partial charge in [-0.3, -0.25) is 0 Å². The molecular weight excluding hydrogens is 310 g/mol. The quantitative estimate of drug-likeness (QED) is 0.824. The Balaban J connectivity index is 2.47. The van der Waals surface area contributed by atoms with Crippen LogP contribution in [0.15, 0.2) is 40.9 Å². The van der Waals surface area contributed by atoms with Gasteiger partial charge in [-0.05, 0) is 67.3 Å². The third-order valence-corrected chi connectivity index (χ3v) is 4.31. The highest BCUT2D eigenvalue weighted by atomic mass is 79.9. The zero-order valence-electron chi connectivity index (χ0n) is 12.6. The molecule has 0 saturated carbocycles. The number of benzene rings is 2. The smallest absolute Gasteiger partial charge is 0.0579 e. The van der Waals surface area contributed by atoms with Crippen LogP contribution in [-0.2, 0) is 0 Å². The Kier molecular flexibility index (Phi) is 5.00. The summed E-state index contributed by atoms with van der Waals surface area (Å²) in [7, 11) is 0. The van der Waals surface area contributed by atoms with E-state index in [0.29, 0.717) is 0 Å². The van der Waals surface area contributed by atoms with Crippen LogP contribution < -0.4 is 5.32 Å². The SMILES string of the molecule is CCNC(c1ccc(C)c(C)c1)c1ccc(Br)cc1C. The number of hydrogen-bond donors (Lipinski definition) is 1. The first-order chi connectivity index (χ1) is 9.52. The van der Waals surface area contributed by atoms with Crippen LogP contribution in [0.2, 0.25) is 0 Å². The fourth-order valence-electron chi connectivity index (χ4n) is 2.52. The van der Waals surface area contributed by atoms with E-state index in [1.54, 1.807) is 0 Å². The van der Waals surface area contributed by atoms with Gasteiger partial charge in [0.1, 0.15) is 0 Å². The van der Waals surface area contributed by atoms with Crippen molar-refractivity contribution in [3.63, 3.8) is 0 Å². The summed E-state index contributed by atoms with van der Waals surface area (Å²) in [5.41, 5.74) is 6.68. The van der Waals surface area contributed by atoms with Gasteiger partial charge in [-0.25, -0.2) is 0 Å². The predicted octanol–water partition coefficient (Wildman–Crippen LogP) is 5.07. The zero-order chi connectivity index (χ0) is 14.7. The van der Waals surface area contributed by atoms with Crippen LogP contribution >= 0.6 is 15.9 Å². The first kappa shape index (κ1) is 15.3. The largest absolute Gasteiger partial charge is 0.307 e. The summed E-state index contributed by atoms with van der Waals surface area (Å²) in [4.78, 5) is 0. The van der Waals surface area contributed by atoms with E-state index in [4.69, 9.17) is 0 Å². The van der Waals surface area contributed by atoms with Crippen LogP contribution in [0.3, 0.4) is 0 Å². The summed E-state index contributed by atoms with van der Waals surface area (Å²) in [6.07, 6.45) is 0. The Morgan fingerprint density at radius 3 is 2.30 bits per heavy atom. The van der Waals surface area contributed by atoms with Gasteiger partial charge in [0.2, 0.25) is 0 Å². The van der Waals surface area contributed by atoms with Gasteiger partial charge < -0.3 is 5.32 Å². The molecule has 0 aliphatic heterocycles. The first-order valence-electron chi connectivity index (χ1n) is 7.09. The molecule has 0 aliphatic rings. The van der Waals surface area contributed by atoms with Gasteiger partial charge in [0.15, 0.2) is 0 Å². The van der Waals surface area contributed by atoms with Crippen molar-refractivity contribution < 1.29 is 0 Å². The third-order valence-electron chi connectivity index (χ3n) is 3.82. The first-order valence-corrected chi connectivity index (χ1v) is 7.88. The number of hydrogen-bond acceptors (Lipinski definition) is 1. The molecule has 2 aromatic rings. The lowest BCUT2D eigenvalue weighted by Crippen LogP contribution is -2.23. The van der Waals surface area contributed by atoms with E-state index in [1.807, 2.05) is 0 Å². The van der Waals surface area contributed by atoms with Crippen molar-refractivity contribution in [1.82, 2.24) is 5.32 Å². The molecule has 1 nitrogen and oxygen atoms in total. The molecule has 1 atom stereocenters. The predicted molar refractivity (Wildman–Crippen MR) is 90.3 cm³/mol. The summed E-state index contributed by atoms with van der Waals surface area (Å²) in [6, 6.07) is 13.5. The minimum atomic E-state index is 0.257. The van der Waals surface area contributed by atoms with Gasteiger partial charge in [-0.2, -0.15) is 0 Å². The van der Waals surface area contributed by atoms with E-state index in [1.165, 1.54) is 27.8 Å². The molecule has 1 unspecified atom stereocenters. The fraction of sp³-hybridized carbons (Fsp3) is 0.333. The highest BCUT2D eigenvalue weighted by Gasteiger charge is 2.15. The van der Waals surface area contributed by atoms with E-state index in [0.717, 1.165) is 11.0 Å². The molecule has 2 heteroatoms. The molecule has 0 radical (unpaired) electrons. The second-order valence-electron chi connectivity index (χ2n) is 5.34. The Hall–Kier alpha value is -1.12. The molecular formula is C18H22BrN. The molecule has 0 spiro atoms. The van der Waals surface area contributed by atoms with Crippen LogP contribution in [-0.4, -0.2) is 6.54 Å². The highest BCUT2D eigenvalue weighted by Crippen LogP contribution is 2.28. The normalized spacial score (nSPS) is 12.4. The average molecular weight is 332 g/mol. The zero-order valence-corrected chi connectivity index (χ0v) is 14.2. The summed E-state index contributed by atoms with van der Waals surface area (Å²) < 4.78 is 1.13. The highest BCUT2D eigenvalue weighted by molar-refractivity contribution is 9.10. The Morgan fingerprint density at radius 2 is 1.70 bits per heavy atom. The van der Waals surface area contributed by atoms with Gasteiger partial charge >= 0.3 is 0 Å². The molecule has 0 fully saturated rings. The van der Waals surface area contributed by atoms with E-state index >= 15 is 0 Å². The van der Waals surface area contributed by atoms with Crippen molar-refractivity contribution in [2.75, 3.05) is 6.54 Å². The molecule has 0 heterocycles.